The Morgan fingerprint density at radius 2 is 2.19 bits per heavy atom. The third-order valence-corrected chi connectivity index (χ3v) is 5.68. The van der Waals surface area contributed by atoms with Gasteiger partial charge in [0.2, 0.25) is 0 Å². The van der Waals surface area contributed by atoms with E-state index >= 15 is 0 Å². The Kier molecular flexibility index (Phi) is 6.07. The summed E-state index contributed by atoms with van der Waals surface area (Å²) < 4.78 is 0. The van der Waals surface area contributed by atoms with Crippen LogP contribution in [0.25, 0.3) is 6.08 Å². The van der Waals surface area contributed by atoms with Crippen LogP contribution < -0.4 is 5.32 Å². The van der Waals surface area contributed by atoms with E-state index in [9.17, 15) is 10.1 Å². The quantitative estimate of drug-likeness (QED) is 0.429. The monoisotopic (exact) mass is 419 g/mol. The molecular formula is C18H11Cl2N3OS2. The van der Waals surface area contributed by atoms with Gasteiger partial charge in [0.1, 0.15) is 11.6 Å². The molecule has 0 radical (unpaired) electrons. The highest BCUT2D eigenvalue weighted by atomic mass is 35.5. The van der Waals surface area contributed by atoms with Crippen LogP contribution in [0.15, 0.2) is 47.5 Å². The summed E-state index contributed by atoms with van der Waals surface area (Å²) in [5, 5.41) is 15.4. The van der Waals surface area contributed by atoms with E-state index in [-0.39, 0.29) is 5.57 Å². The fourth-order valence-corrected chi connectivity index (χ4v) is 4.01. The number of amides is 1. The van der Waals surface area contributed by atoms with Crippen molar-refractivity contribution in [1.82, 2.24) is 4.98 Å². The number of thiophene rings is 1. The van der Waals surface area contributed by atoms with Crippen LogP contribution in [0.3, 0.4) is 0 Å². The lowest BCUT2D eigenvalue weighted by molar-refractivity contribution is -0.112. The van der Waals surface area contributed by atoms with Crippen molar-refractivity contribution >= 4 is 63.0 Å². The van der Waals surface area contributed by atoms with Crippen LogP contribution in [-0.4, -0.2) is 10.9 Å². The number of rotatable bonds is 5. The second-order valence-corrected chi connectivity index (χ2v) is 8.12. The highest BCUT2D eigenvalue weighted by Crippen LogP contribution is 2.27. The molecule has 0 atom stereocenters. The highest BCUT2D eigenvalue weighted by molar-refractivity contribution is 7.15. The van der Waals surface area contributed by atoms with Crippen LogP contribution in [0.1, 0.15) is 15.3 Å². The fraction of sp³-hybridized carbons (Fsp3) is 0.0556. The average Bonchev–Trinajstić information content (AvgIpc) is 3.28. The molecule has 0 saturated carbocycles. The maximum absolute atomic E-state index is 12.3. The van der Waals surface area contributed by atoms with Crippen LogP contribution >= 0.6 is 45.9 Å². The molecule has 0 saturated heterocycles. The molecule has 0 aliphatic rings. The molecule has 0 spiro atoms. The molecule has 0 unspecified atom stereocenters. The van der Waals surface area contributed by atoms with Crippen molar-refractivity contribution in [2.45, 2.75) is 6.42 Å². The van der Waals surface area contributed by atoms with E-state index in [0.29, 0.717) is 21.6 Å². The molecule has 1 amide bonds. The molecular weight excluding hydrogens is 409 g/mol. The molecule has 1 N–H and O–H groups in total. The normalized spacial score (nSPS) is 11.2. The zero-order chi connectivity index (χ0) is 18.5. The summed E-state index contributed by atoms with van der Waals surface area (Å²) in [5.41, 5.74) is 0.915. The van der Waals surface area contributed by atoms with Gasteiger partial charge in [-0.05, 0) is 41.3 Å². The highest BCUT2D eigenvalue weighted by Gasteiger charge is 2.13. The number of benzene rings is 1. The summed E-state index contributed by atoms with van der Waals surface area (Å²) in [4.78, 5) is 18.2. The lowest BCUT2D eigenvalue weighted by atomic mass is 10.1. The van der Waals surface area contributed by atoms with Crippen molar-refractivity contribution < 1.29 is 4.79 Å². The molecule has 2 heterocycles. The van der Waals surface area contributed by atoms with Gasteiger partial charge in [-0.1, -0.05) is 29.3 Å². The summed E-state index contributed by atoms with van der Waals surface area (Å²) in [7, 11) is 0. The number of carbonyl (C=O) groups is 1. The standard InChI is InChI=1S/C18H11Cl2N3OS2/c19-13-3-4-16(20)11(6-13)7-15-10-22-18(26-15)23-17(24)12(9-21)8-14-2-1-5-25-14/h1-6,8,10H,7H2,(H,22,23,24)/b12-8+. The first kappa shape index (κ1) is 18.6. The molecule has 3 rings (SSSR count). The molecule has 0 aliphatic heterocycles. The van der Waals surface area contributed by atoms with Crippen LogP contribution in [0.2, 0.25) is 10.0 Å². The predicted molar refractivity (Wildman–Crippen MR) is 108 cm³/mol. The van der Waals surface area contributed by atoms with Gasteiger partial charge in [-0.15, -0.1) is 22.7 Å². The maximum atomic E-state index is 12.3. The predicted octanol–water partition coefficient (Wildman–Crippen LogP) is 5.65. The molecule has 130 valence electrons. The Morgan fingerprint density at radius 3 is 2.92 bits per heavy atom. The van der Waals surface area contributed by atoms with Gasteiger partial charge in [0.25, 0.3) is 5.91 Å². The first-order chi connectivity index (χ1) is 12.5. The van der Waals surface area contributed by atoms with Gasteiger partial charge in [-0.3, -0.25) is 10.1 Å². The van der Waals surface area contributed by atoms with Gasteiger partial charge in [-0.25, -0.2) is 4.98 Å². The van der Waals surface area contributed by atoms with Crippen LogP contribution in [0.5, 0.6) is 0 Å². The van der Waals surface area contributed by atoms with E-state index in [1.54, 1.807) is 30.5 Å². The Labute approximate surface area is 168 Å². The Balaban J connectivity index is 1.71. The molecule has 4 nitrogen and oxygen atoms in total. The number of aromatic nitrogens is 1. The maximum Gasteiger partial charge on any atom is 0.268 e. The minimum absolute atomic E-state index is 0.0297. The van der Waals surface area contributed by atoms with Crippen molar-refractivity contribution in [3.63, 3.8) is 0 Å². The largest absolute Gasteiger partial charge is 0.297 e. The van der Waals surface area contributed by atoms with E-state index in [1.165, 1.54) is 22.7 Å². The number of halogens is 2. The van der Waals surface area contributed by atoms with E-state index in [2.05, 4.69) is 10.3 Å². The number of thiazole rings is 1. The van der Waals surface area contributed by atoms with Crippen molar-refractivity contribution in [2.75, 3.05) is 5.32 Å². The minimum atomic E-state index is -0.484. The van der Waals surface area contributed by atoms with E-state index in [1.807, 2.05) is 23.6 Å². The van der Waals surface area contributed by atoms with Crippen molar-refractivity contribution in [1.29, 1.82) is 5.26 Å². The van der Waals surface area contributed by atoms with Crippen LogP contribution in [0.4, 0.5) is 5.13 Å². The number of hydrogen-bond acceptors (Lipinski definition) is 5. The summed E-state index contributed by atoms with van der Waals surface area (Å²) >= 11 is 15.0. The lowest BCUT2D eigenvalue weighted by Gasteiger charge is -2.02. The Morgan fingerprint density at radius 1 is 1.35 bits per heavy atom. The van der Waals surface area contributed by atoms with Crippen molar-refractivity contribution in [2.24, 2.45) is 0 Å². The number of hydrogen-bond donors (Lipinski definition) is 1. The Hall–Kier alpha value is -2.17. The second-order valence-electron chi connectivity index (χ2n) is 5.18. The van der Waals surface area contributed by atoms with Crippen molar-refractivity contribution in [3.05, 3.63) is 72.8 Å². The Bertz CT molecular complexity index is 1000. The number of carbonyl (C=O) groups excluding carboxylic acids is 1. The molecule has 8 heteroatoms. The van der Waals surface area contributed by atoms with E-state index < -0.39 is 5.91 Å². The van der Waals surface area contributed by atoms with Gasteiger partial charge < -0.3 is 0 Å². The smallest absolute Gasteiger partial charge is 0.268 e. The zero-order valence-corrected chi connectivity index (χ0v) is 16.3. The zero-order valence-electron chi connectivity index (χ0n) is 13.2. The van der Waals surface area contributed by atoms with Gasteiger partial charge in [0, 0.05) is 32.4 Å². The summed E-state index contributed by atoms with van der Waals surface area (Å²) in [6.07, 6.45) is 3.79. The van der Waals surface area contributed by atoms with Gasteiger partial charge in [0.15, 0.2) is 5.13 Å². The third-order valence-electron chi connectivity index (χ3n) is 3.34. The minimum Gasteiger partial charge on any atom is -0.297 e. The molecule has 0 bridgehead atoms. The third kappa shape index (κ3) is 4.71. The molecule has 0 aliphatic carbocycles. The SMILES string of the molecule is N#C/C(=C\c1cccs1)C(=O)Nc1ncc(Cc2cc(Cl)ccc2Cl)s1. The molecule has 26 heavy (non-hydrogen) atoms. The lowest BCUT2D eigenvalue weighted by Crippen LogP contribution is -2.13. The molecule has 2 aromatic heterocycles. The molecule has 3 aromatic rings. The van der Waals surface area contributed by atoms with Gasteiger partial charge in [-0.2, -0.15) is 5.26 Å². The number of nitrogens with one attached hydrogen (secondary N) is 1. The number of nitriles is 1. The van der Waals surface area contributed by atoms with Gasteiger partial charge >= 0.3 is 0 Å². The summed E-state index contributed by atoms with van der Waals surface area (Å²) in [6.45, 7) is 0. The average molecular weight is 420 g/mol. The van der Waals surface area contributed by atoms with Gasteiger partial charge in [0.05, 0.1) is 0 Å². The molecule has 1 aromatic carbocycles. The van der Waals surface area contributed by atoms with Crippen LogP contribution in [-0.2, 0) is 11.2 Å². The molecule has 0 fully saturated rings. The number of anilines is 1. The van der Waals surface area contributed by atoms with Crippen molar-refractivity contribution in [3.8, 4) is 6.07 Å². The fourth-order valence-electron chi connectivity index (χ4n) is 2.14. The second kappa shape index (κ2) is 8.47. The first-order valence-corrected chi connectivity index (χ1v) is 9.85. The summed E-state index contributed by atoms with van der Waals surface area (Å²) in [5.74, 6) is -0.484. The first-order valence-electron chi connectivity index (χ1n) is 7.40. The van der Waals surface area contributed by atoms with E-state index in [4.69, 9.17) is 23.2 Å². The van der Waals surface area contributed by atoms with E-state index in [0.717, 1.165) is 15.3 Å². The number of nitrogens with zero attached hydrogens (tertiary/aromatic N) is 2. The summed E-state index contributed by atoms with van der Waals surface area (Å²) in [6, 6.07) is 10.9. The van der Waals surface area contributed by atoms with Crippen LogP contribution in [0, 0.1) is 11.3 Å². The topological polar surface area (TPSA) is 65.8 Å².